The van der Waals surface area contributed by atoms with Crippen LogP contribution in [-0.4, -0.2) is 110 Å². The van der Waals surface area contributed by atoms with Gasteiger partial charge in [-0.3, -0.25) is 0 Å². The summed E-state index contributed by atoms with van der Waals surface area (Å²) in [4.78, 5) is 20.5. The van der Waals surface area contributed by atoms with E-state index in [2.05, 4.69) is 0 Å². The average molecular weight is 387 g/mol. The van der Waals surface area contributed by atoms with Crippen LogP contribution in [0.3, 0.4) is 0 Å². The summed E-state index contributed by atoms with van der Waals surface area (Å²) in [7, 11) is -2.72. The molecule has 0 aromatic carbocycles. The van der Waals surface area contributed by atoms with Crippen LogP contribution in [-0.2, 0) is 0 Å². The van der Waals surface area contributed by atoms with Gasteiger partial charge in [0, 0.05) is 7.11 Å². The molecule has 0 saturated heterocycles. The normalized spacial score (nSPS) is 7.88. The minimum atomic E-state index is -1.86. The summed E-state index contributed by atoms with van der Waals surface area (Å²) in [5.74, 6) is 0. The first-order valence-electron chi connectivity index (χ1n) is 3.86. The fourth-order valence-corrected chi connectivity index (χ4v) is 0. The first-order chi connectivity index (χ1) is 5.00. The number of hydrogen-bond acceptors (Lipinski definition) is 4. The Kier molecular flexibility index (Phi) is 62.4. The van der Waals surface area contributed by atoms with Gasteiger partial charge in [-0.15, -0.1) is 0 Å². The number of aliphatic hydroxyl groups excluding tert-OH is 1. The summed E-state index contributed by atoms with van der Waals surface area (Å²) in [6, 6.07) is 0. The van der Waals surface area contributed by atoms with Crippen molar-refractivity contribution in [3.05, 3.63) is 0 Å². The Balaban J connectivity index is -0.0000000144. The van der Waals surface area contributed by atoms with E-state index in [1.807, 2.05) is 0 Å². The monoisotopic (exact) mass is 386 g/mol. The Labute approximate surface area is 173 Å². The minimum Gasteiger partial charge on any atom is -1.00 e. The van der Waals surface area contributed by atoms with E-state index < -0.39 is 16.6 Å². The van der Waals surface area contributed by atoms with Gasteiger partial charge in [0.2, 0.25) is 0 Å². The minimum absolute atomic E-state index is 0. The maximum absolute atomic E-state index is 10.2. The van der Waals surface area contributed by atoms with E-state index in [1.165, 1.54) is 0 Å². The van der Waals surface area contributed by atoms with Crippen molar-refractivity contribution in [2.24, 2.45) is 0 Å². The summed E-state index contributed by atoms with van der Waals surface area (Å²) in [5, 5.41) is 7.00. The molecule has 2 N–H and O–H groups in total. The van der Waals surface area contributed by atoms with Crippen LogP contribution in [0.5, 0.6) is 0 Å². The second-order valence-electron chi connectivity index (χ2n) is 4.22. The van der Waals surface area contributed by atoms with E-state index in [0.717, 1.165) is 7.11 Å². The maximum Gasteiger partial charge on any atom is 2.00 e. The van der Waals surface area contributed by atoms with Crippen LogP contribution < -0.4 is 26.6 Å². The van der Waals surface area contributed by atoms with Crippen LogP contribution >= 0.6 is 0 Å². The van der Waals surface area contributed by atoms with Gasteiger partial charge in [0.1, 0.15) is 0 Å². The SMILES string of the molecule is CO.C[Si](C)(C)[O-].C[Si](C)(C)[O-].[Br-].[Ca+2].[Ca+2].[OH-]. The number of hydrogen-bond donors (Lipinski definition) is 1. The van der Waals surface area contributed by atoms with E-state index in [9.17, 15) is 9.59 Å². The zero-order chi connectivity index (χ0) is 11.0. The zero-order valence-corrected chi connectivity index (χ0v) is 19.5. The van der Waals surface area contributed by atoms with Crippen LogP contribution in [0, 0.1) is 0 Å². The fraction of sp³-hybridized carbons (Fsp3) is 1.00. The molecule has 0 spiro atoms. The summed E-state index contributed by atoms with van der Waals surface area (Å²) in [6.45, 7) is 10.6. The molecular weight excluding hydrogens is 364 g/mol. The van der Waals surface area contributed by atoms with Gasteiger partial charge in [0.15, 0.2) is 0 Å². The number of rotatable bonds is 0. The third kappa shape index (κ3) is 427. The third-order valence-corrected chi connectivity index (χ3v) is 0. The van der Waals surface area contributed by atoms with Crippen molar-refractivity contribution in [2.75, 3.05) is 7.11 Å². The molecule has 0 aromatic heterocycles. The molecule has 0 aliphatic carbocycles. The average Bonchev–Trinajstić information content (AvgIpc) is 1.59. The molecule has 0 atom stereocenters. The maximum atomic E-state index is 10.2. The smallest absolute Gasteiger partial charge is 1.00 e. The molecule has 0 amide bonds. The molecule has 4 nitrogen and oxygen atoms in total. The van der Waals surface area contributed by atoms with Crippen LogP contribution in [0.2, 0.25) is 39.3 Å². The molecule has 0 fully saturated rings. The molecule has 0 saturated carbocycles. The van der Waals surface area contributed by atoms with Gasteiger partial charge in [-0.05, 0) is 0 Å². The Morgan fingerprint density at radius 1 is 0.688 bits per heavy atom. The van der Waals surface area contributed by atoms with Gasteiger partial charge in [-0.25, -0.2) is 0 Å². The molecule has 0 unspecified atom stereocenters. The van der Waals surface area contributed by atoms with Crippen LogP contribution in [0.1, 0.15) is 0 Å². The second kappa shape index (κ2) is 23.4. The molecule has 0 rings (SSSR count). The zero-order valence-electron chi connectivity index (χ0n) is 11.5. The molecule has 9 heteroatoms. The van der Waals surface area contributed by atoms with E-state index in [0.29, 0.717) is 0 Å². The molecule has 0 radical (unpaired) electrons. The third-order valence-electron chi connectivity index (χ3n) is 0. The molecular formula is C7H23BrCa2O4Si2. The van der Waals surface area contributed by atoms with Crippen LogP contribution in [0.25, 0.3) is 0 Å². The van der Waals surface area contributed by atoms with E-state index in [-0.39, 0.29) is 97.9 Å². The molecule has 16 heavy (non-hydrogen) atoms. The van der Waals surface area contributed by atoms with Crippen molar-refractivity contribution in [3.8, 4) is 0 Å². The quantitative estimate of drug-likeness (QED) is 0.429. The van der Waals surface area contributed by atoms with Gasteiger partial charge in [0.05, 0.1) is 0 Å². The summed E-state index contributed by atoms with van der Waals surface area (Å²) >= 11 is 0. The standard InChI is InChI=1S/2C3H9OSi.CH4O.BrH.2Ca.H2O/c2*1-5(2,3)4;1-2;;;;/h2*1-3H3;2H,1H3;1H;;;1H2/q2*-1;;;2*+2;/p-2. The molecule has 0 heterocycles. The van der Waals surface area contributed by atoms with E-state index in [4.69, 9.17) is 5.11 Å². The van der Waals surface area contributed by atoms with Crippen molar-refractivity contribution in [1.82, 2.24) is 0 Å². The van der Waals surface area contributed by atoms with Crippen molar-refractivity contribution in [1.29, 1.82) is 0 Å². The first kappa shape index (κ1) is 42.7. The van der Waals surface area contributed by atoms with Gasteiger partial charge < -0.3 is 37.2 Å². The largest absolute Gasteiger partial charge is 2.00 e. The Morgan fingerprint density at radius 2 is 0.688 bits per heavy atom. The van der Waals surface area contributed by atoms with Gasteiger partial charge in [0.25, 0.3) is 0 Å². The van der Waals surface area contributed by atoms with Gasteiger partial charge in [-0.2, -0.15) is 0 Å². The van der Waals surface area contributed by atoms with Gasteiger partial charge >= 0.3 is 75.5 Å². The molecule has 0 aliphatic heterocycles. The Hall–Kier alpha value is 3.27. The molecule has 0 aliphatic rings. The van der Waals surface area contributed by atoms with Crippen LogP contribution in [0.4, 0.5) is 0 Å². The first-order valence-corrected chi connectivity index (χ1v) is 10.7. The van der Waals surface area contributed by atoms with Crippen LogP contribution in [0.15, 0.2) is 0 Å². The van der Waals surface area contributed by atoms with Crippen molar-refractivity contribution in [2.45, 2.75) is 39.3 Å². The summed E-state index contributed by atoms with van der Waals surface area (Å²) < 4.78 is 0. The van der Waals surface area contributed by atoms with Crippen molar-refractivity contribution in [3.63, 3.8) is 0 Å². The van der Waals surface area contributed by atoms with Gasteiger partial charge in [-0.1, -0.05) is 55.9 Å². The van der Waals surface area contributed by atoms with E-state index in [1.54, 1.807) is 39.3 Å². The molecule has 0 aromatic rings. The molecule has 0 bridgehead atoms. The number of aliphatic hydroxyl groups is 1. The Morgan fingerprint density at radius 3 is 0.688 bits per heavy atom. The summed E-state index contributed by atoms with van der Waals surface area (Å²) in [6.07, 6.45) is 0. The molecule has 94 valence electrons. The second-order valence-corrected chi connectivity index (χ2v) is 12.7. The van der Waals surface area contributed by atoms with Crippen molar-refractivity contribution < 1.29 is 37.2 Å². The van der Waals surface area contributed by atoms with Crippen molar-refractivity contribution >= 4 is 92.1 Å². The topological polar surface area (TPSA) is 96.3 Å². The van der Waals surface area contributed by atoms with E-state index >= 15 is 0 Å². The Bertz CT molecular complexity index is 75.4. The number of halogens is 1. The predicted molar refractivity (Wildman–Crippen MR) is 68.3 cm³/mol. The summed E-state index contributed by atoms with van der Waals surface area (Å²) in [5.41, 5.74) is 0. The predicted octanol–water partition coefficient (Wildman–Crippen LogP) is -3.96. The fourth-order valence-electron chi connectivity index (χ4n) is 0.